The van der Waals surface area contributed by atoms with Crippen molar-refractivity contribution in [3.8, 4) is 5.75 Å². The summed E-state index contributed by atoms with van der Waals surface area (Å²) in [4.78, 5) is 44.2. The number of nitrogens with zero attached hydrogens (tertiary/aromatic N) is 2. The maximum absolute atomic E-state index is 14.0. The summed E-state index contributed by atoms with van der Waals surface area (Å²) in [7, 11) is 0. The molecule has 0 spiro atoms. The monoisotopic (exact) mass is 630 g/mol. The number of esters is 2. The fourth-order valence-corrected chi connectivity index (χ4v) is 6.09. The fourth-order valence-electron chi connectivity index (χ4n) is 4.87. The Morgan fingerprint density at radius 3 is 2.32 bits per heavy atom. The van der Waals surface area contributed by atoms with Gasteiger partial charge in [0.2, 0.25) is 0 Å². The second-order valence-electron chi connectivity index (χ2n) is 10.1. The molecule has 0 bridgehead atoms. The molecular formula is C34H31ClN2O6S. The van der Waals surface area contributed by atoms with Crippen molar-refractivity contribution in [2.24, 2.45) is 4.99 Å². The Hall–Kier alpha value is -4.47. The molecule has 0 saturated heterocycles. The molecule has 226 valence electrons. The van der Waals surface area contributed by atoms with Crippen LogP contribution >= 0.6 is 22.9 Å². The van der Waals surface area contributed by atoms with Crippen molar-refractivity contribution in [3.63, 3.8) is 0 Å². The number of ether oxygens (including phenoxy) is 3. The second-order valence-corrected chi connectivity index (χ2v) is 11.5. The normalized spacial score (nSPS) is 14.6. The summed E-state index contributed by atoms with van der Waals surface area (Å²) in [5.41, 5.74) is 4.29. The maximum Gasteiger partial charge on any atom is 0.338 e. The van der Waals surface area contributed by atoms with Gasteiger partial charge in [0, 0.05) is 10.6 Å². The average Bonchev–Trinajstić information content (AvgIpc) is 3.30. The number of hydrogen-bond donors (Lipinski definition) is 0. The molecule has 5 rings (SSSR count). The van der Waals surface area contributed by atoms with Crippen LogP contribution in [0.25, 0.3) is 6.08 Å². The number of benzene rings is 3. The van der Waals surface area contributed by atoms with E-state index in [1.807, 2.05) is 31.2 Å². The fraction of sp³-hybridized carbons (Fsp3) is 0.235. The van der Waals surface area contributed by atoms with Crippen molar-refractivity contribution in [1.82, 2.24) is 4.57 Å². The summed E-state index contributed by atoms with van der Waals surface area (Å²) in [5, 5.41) is 0.480. The van der Waals surface area contributed by atoms with Gasteiger partial charge in [-0.15, -0.1) is 0 Å². The van der Waals surface area contributed by atoms with Crippen molar-refractivity contribution in [2.75, 3.05) is 13.2 Å². The highest BCUT2D eigenvalue weighted by Gasteiger charge is 2.33. The van der Waals surface area contributed by atoms with Gasteiger partial charge in [-0.3, -0.25) is 9.36 Å². The van der Waals surface area contributed by atoms with E-state index in [0.29, 0.717) is 49.1 Å². The average molecular weight is 631 g/mol. The molecule has 44 heavy (non-hydrogen) atoms. The van der Waals surface area contributed by atoms with Crippen LogP contribution in [0, 0.1) is 6.92 Å². The zero-order chi connectivity index (χ0) is 31.4. The number of fused-ring (bicyclic) bond motifs is 1. The highest BCUT2D eigenvalue weighted by Crippen LogP contribution is 2.31. The van der Waals surface area contributed by atoms with Gasteiger partial charge in [0.05, 0.1) is 40.6 Å². The predicted molar refractivity (Wildman–Crippen MR) is 170 cm³/mol. The Morgan fingerprint density at radius 1 is 0.955 bits per heavy atom. The summed E-state index contributed by atoms with van der Waals surface area (Å²) in [6.45, 7) is 7.97. The van der Waals surface area contributed by atoms with Gasteiger partial charge in [-0.25, -0.2) is 14.6 Å². The van der Waals surface area contributed by atoms with E-state index in [2.05, 4.69) is 4.99 Å². The summed E-state index contributed by atoms with van der Waals surface area (Å²) in [5.74, 6) is -0.363. The van der Waals surface area contributed by atoms with Crippen LogP contribution in [0.5, 0.6) is 5.75 Å². The zero-order valence-electron chi connectivity index (χ0n) is 24.8. The Balaban J connectivity index is 1.53. The molecule has 3 aromatic carbocycles. The quantitative estimate of drug-likeness (QED) is 0.226. The van der Waals surface area contributed by atoms with Crippen molar-refractivity contribution >= 4 is 41.0 Å². The first-order chi connectivity index (χ1) is 21.2. The number of aromatic nitrogens is 1. The Labute approximate surface area is 263 Å². The van der Waals surface area contributed by atoms with Gasteiger partial charge in [-0.05, 0) is 75.2 Å². The van der Waals surface area contributed by atoms with Crippen LogP contribution < -0.4 is 19.6 Å². The van der Waals surface area contributed by atoms with E-state index in [4.69, 9.17) is 25.8 Å². The summed E-state index contributed by atoms with van der Waals surface area (Å²) < 4.78 is 18.5. The number of allylic oxidation sites excluding steroid dienone is 1. The molecule has 0 saturated carbocycles. The molecule has 10 heteroatoms. The second kappa shape index (κ2) is 13.4. The Bertz CT molecular complexity index is 1920. The van der Waals surface area contributed by atoms with Gasteiger partial charge >= 0.3 is 11.9 Å². The zero-order valence-corrected chi connectivity index (χ0v) is 26.3. The largest absolute Gasteiger partial charge is 0.488 e. The minimum atomic E-state index is -0.694. The number of rotatable bonds is 9. The van der Waals surface area contributed by atoms with E-state index in [0.717, 1.165) is 16.7 Å². The molecule has 0 amide bonds. The number of thiazole rings is 1. The van der Waals surface area contributed by atoms with E-state index in [1.165, 1.54) is 11.3 Å². The molecule has 1 aliphatic heterocycles. The van der Waals surface area contributed by atoms with Crippen molar-refractivity contribution in [1.29, 1.82) is 0 Å². The third-order valence-electron chi connectivity index (χ3n) is 7.03. The minimum Gasteiger partial charge on any atom is -0.488 e. The van der Waals surface area contributed by atoms with Crippen LogP contribution in [0.4, 0.5) is 0 Å². The number of carbonyl (C=O) groups excluding carboxylic acids is 2. The first-order valence-corrected chi connectivity index (χ1v) is 15.3. The predicted octanol–water partition coefficient (Wildman–Crippen LogP) is 5.52. The number of halogens is 1. The van der Waals surface area contributed by atoms with Crippen LogP contribution in [0.15, 0.2) is 87.8 Å². The summed E-state index contributed by atoms with van der Waals surface area (Å²) in [6, 6.07) is 19.2. The van der Waals surface area contributed by atoms with E-state index in [-0.39, 0.29) is 24.7 Å². The lowest BCUT2D eigenvalue weighted by Gasteiger charge is -2.24. The van der Waals surface area contributed by atoms with Crippen LogP contribution in [-0.4, -0.2) is 29.7 Å². The van der Waals surface area contributed by atoms with Gasteiger partial charge in [-0.1, -0.05) is 64.9 Å². The molecule has 4 aromatic rings. The number of carbonyl (C=O) groups is 2. The standard InChI is InChI=1S/C34H31ClN2O6S/c1-5-41-32(39)24-13-9-22(10-14-24)19-43-27-16-15-26(35)17-25(27)18-28-31(38)37-30(23-11-7-20(3)8-12-23)29(33(40)42-6-2)21(4)36-34(37)44-28/h7-18,30H,5-6,19H2,1-4H3/b28-18-/t30-/m0/s1. The summed E-state index contributed by atoms with van der Waals surface area (Å²) in [6.07, 6.45) is 1.73. The van der Waals surface area contributed by atoms with Gasteiger partial charge in [0.25, 0.3) is 5.56 Å². The maximum atomic E-state index is 14.0. The molecule has 8 nitrogen and oxygen atoms in total. The minimum absolute atomic E-state index is 0.202. The van der Waals surface area contributed by atoms with Gasteiger partial charge < -0.3 is 14.2 Å². The van der Waals surface area contributed by atoms with Crippen LogP contribution in [0.3, 0.4) is 0 Å². The van der Waals surface area contributed by atoms with E-state index in [9.17, 15) is 14.4 Å². The van der Waals surface area contributed by atoms with Crippen LogP contribution in [-0.2, 0) is 20.9 Å². The van der Waals surface area contributed by atoms with Gasteiger partial charge in [0.15, 0.2) is 4.80 Å². The third-order valence-corrected chi connectivity index (χ3v) is 8.25. The first kappa shape index (κ1) is 31.0. The highest BCUT2D eigenvalue weighted by molar-refractivity contribution is 7.07. The van der Waals surface area contributed by atoms with Gasteiger partial charge in [0.1, 0.15) is 12.4 Å². The third kappa shape index (κ3) is 6.54. The lowest BCUT2D eigenvalue weighted by molar-refractivity contribution is -0.139. The molecule has 0 N–H and O–H groups in total. The Kier molecular flexibility index (Phi) is 9.46. The lowest BCUT2D eigenvalue weighted by atomic mass is 9.95. The molecule has 2 heterocycles. The molecule has 0 unspecified atom stereocenters. The molecule has 1 atom stereocenters. The van der Waals surface area contributed by atoms with E-state index < -0.39 is 12.0 Å². The molecule has 0 fully saturated rings. The summed E-state index contributed by atoms with van der Waals surface area (Å²) >= 11 is 7.58. The smallest absolute Gasteiger partial charge is 0.338 e. The van der Waals surface area contributed by atoms with Crippen molar-refractivity contribution in [2.45, 2.75) is 40.3 Å². The Morgan fingerprint density at radius 2 is 1.64 bits per heavy atom. The van der Waals surface area contributed by atoms with Crippen LogP contribution in [0.1, 0.15) is 59.4 Å². The van der Waals surface area contributed by atoms with Crippen molar-refractivity contribution in [3.05, 3.63) is 131 Å². The molecular weight excluding hydrogens is 600 g/mol. The van der Waals surface area contributed by atoms with Crippen molar-refractivity contribution < 1.29 is 23.8 Å². The highest BCUT2D eigenvalue weighted by atomic mass is 35.5. The SMILES string of the molecule is CCOC(=O)C1=C(C)N=c2s/c(=C\c3cc(Cl)ccc3OCc3ccc(C(=O)OCC)cc3)c(=O)n2[C@H]1c1ccc(C)cc1. The lowest BCUT2D eigenvalue weighted by Crippen LogP contribution is -2.39. The number of hydrogen-bond acceptors (Lipinski definition) is 8. The molecule has 1 aromatic heterocycles. The number of aryl methyl sites for hydroxylation is 1. The van der Waals surface area contributed by atoms with E-state index >= 15 is 0 Å². The topological polar surface area (TPSA) is 96.2 Å². The first-order valence-electron chi connectivity index (χ1n) is 14.1. The van der Waals surface area contributed by atoms with E-state index in [1.54, 1.807) is 73.9 Å². The van der Waals surface area contributed by atoms with Crippen LogP contribution in [0.2, 0.25) is 5.02 Å². The molecule has 0 radical (unpaired) electrons. The molecule has 0 aliphatic carbocycles. The van der Waals surface area contributed by atoms with Gasteiger partial charge in [-0.2, -0.15) is 0 Å². The molecule has 1 aliphatic rings.